The van der Waals surface area contributed by atoms with Gasteiger partial charge in [0, 0.05) is 10.6 Å². The Morgan fingerprint density at radius 1 is 1.47 bits per heavy atom. The van der Waals surface area contributed by atoms with Crippen LogP contribution in [0.25, 0.3) is 6.08 Å². The summed E-state index contributed by atoms with van der Waals surface area (Å²) in [5.41, 5.74) is 0.476. The van der Waals surface area contributed by atoms with E-state index in [0.717, 1.165) is 0 Å². The van der Waals surface area contributed by atoms with Crippen LogP contribution in [0.15, 0.2) is 24.3 Å². The average molecular weight is 255 g/mol. The third kappa shape index (κ3) is 3.60. The lowest BCUT2D eigenvalue weighted by molar-refractivity contribution is -0.139. The highest BCUT2D eigenvalue weighted by atomic mass is 35.5. The minimum atomic E-state index is -1.06. The minimum absolute atomic E-state index is 0.0702. The van der Waals surface area contributed by atoms with Gasteiger partial charge in [-0.25, -0.2) is 4.79 Å². The van der Waals surface area contributed by atoms with E-state index in [1.807, 2.05) is 0 Å². The van der Waals surface area contributed by atoms with Crippen molar-refractivity contribution in [3.8, 4) is 0 Å². The van der Waals surface area contributed by atoms with Crippen LogP contribution in [-0.4, -0.2) is 24.2 Å². The summed E-state index contributed by atoms with van der Waals surface area (Å²) >= 11 is 5.89. The van der Waals surface area contributed by atoms with Crippen molar-refractivity contribution in [2.45, 2.75) is 6.42 Å². The van der Waals surface area contributed by atoms with Crippen LogP contribution in [0, 0.1) is 0 Å². The Morgan fingerprint density at radius 2 is 2.18 bits per heavy atom. The number of carbonyl (C=O) groups excluding carboxylic acids is 1. The molecule has 0 amide bonds. The van der Waals surface area contributed by atoms with Crippen molar-refractivity contribution in [2.75, 3.05) is 7.11 Å². The first-order valence-corrected chi connectivity index (χ1v) is 5.19. The monoisotopic (exact) mass is 254 g/mol. The third-order valence-electron chi connectivity index (χ3n) is 2.08. The lowest BCUT2D eigenvalue weighted by Crippen LogP contribution is -2.00. The van der Waals surface area contributed by atoms with Gasteiger partial charge in [0.15, 0.2) is 0 Å². The van der Waals surface area contributed by atoms with E-state index in [2.05, 4.69) is 4.74 Å². The van der Waals surface area contributed by atoms with Crippen molar-refractivity contribution in [3.63, 3.8) is 0 Å². The molecule has 0 unspecified atom stereocenters. The molecule has 0 aliphatic carbocycles. The van der Waals surface area contributed by atoms with Gasteiger partial charge in [-0.05, 0) is 12.1 Å². The maximum absolute atomic E-state index is 10.9. The van der Waals surface area contributed by atoms with E-state index >= 15 is 0 Å². The number of hydrogen-bond acceptors (Lipinski definition) is 3. The van der Waals surface area contributed by atoms with E-state index in [1.165, 1.54) is 25.3 Å². The average Bonchev–Trinajstić information content (AvgIpc) is 2.30. The second-order valence-corrected chi connectivity index (χ2v) is 3.60. The molecule has 1 aromatic carbocycles. The maximum Gasteiger partial charge on any atom is 0.336 e. The van der Waals surface area contributed by atoms with E-state index in [9.17, 15) is 9.59 Å². The molecule has 5 heteroatoms. The van der Waals surface area contributed by atoms with Crippen molar-refractivity contribution in [2.24, 2.45) is 0 Å². The molecule has 0 aliphatic rings. The topological polar surface area (TPSA) is 63.6 Å². The summed E-state index contributed by atoms with van der Waals surface area (Å²) in [6, 6.07) is 4.60. The number of carbonyl (C=O) groups is 2. The molecule has 17 heavy (non-hydrogen) atoms. The van der Waals surface area contributed by atoms with Crippen LogP contribution in [-0.2, 0) is 9.53 Å². The number of esters is 1. The molecule has 0 bridgehead atoms. The molecule has 1 rings (SSSR count). The number of aromatic carboxylic acids is 1. The van der Waals surface area contributed by atoms with E-state index < -0.39 is 11.9 Å². The number of methoxy groups -OCH3 is 1. The molecule has 0 atom stereocenters. The maximum atomic E-state index is 10.9. The fraction of sp³-hybridized carbons (Fsp3) is 0.167. The summed E-state index contributed by atoms with van der Waals surface area (Å²) in [6.45, 7) is 0. The van der Waals surface area contributed by atoms with Crippen LogP contribution < -0.4 is 0 Å². The fourth-order valence-electron chi connectivity index (χ4n) is 1.25. The molecule has 90 valence electrons. The summed E-state index contributed by atoms with van der Waals surface area (Å²) in [6.07, 6.45) is 3.09. The number of halogens is 1. The zero-order valence-electron chi connectivity index (χ0n) is 9.14. The highest BCUT2D eigenvalue weighted by molar-refractivity contribution is 6.32. The number of benzene rings is 1. The normalized spacial score (nSPS) is 10.5. The molecule has 0 fully saturated rings. The molecule has 0 spiro atoms. The Labute approximate surface area is 103 Å². The Hall–Kier alpha value is -1.81. The molecule has 1 aromatic rings. The van der Waals surface area contributed by atoms with Crippen molar-refractivity contribution >= 4 is 29.6 Å². The lowest BCUT2D eigenvalue weighted by atomic mass is 10.1. The van der Waals surface area contributed by atoms with Crippen LogP contribution in [0.1, 0.15) is 22.3 Å². The lowest BCUT2D eigenvalue weighted by Gasteiger charge is -2.03. The molecule has 1 N–H and O–H groups in total. The predicted octanol–water partition coefficient (Wildman–Crippen LogP) is 2.61. The molecule has 0 radical (unpaired) electrons. The minimum Gasteiger partial charge on any atom is -0.478 e. The number of hydrogen-bond donors (Lipinski definition) is 1. The number of rotatable bonds is 4. The number of carboxylic acid groups (broad SMARTS) is 1. The quantitative estimate of drug-likeness (QED) is 0.839. The van der Waals surface area contributed by atoms with Gasteiger partial charge in [0.2, 0.25) is 0 Å². The van der Waals surface area contributed by atoms with Crippen molar-refractivity contribution in [1.29, 1.82) is 0 Å². The van der Waals surface area contributed by atoms with Gasteiger partial charge >= 0.3 is 11.9 Å². The van der Waals surface area contributed by atoms with Gasteiger partial charge in [0.1, 0.15) is 0 Å². The van der Waals surface area contributed by atoms with Crippen molar-refractivity contribution in [3.05, 3.63) is 40.4 Å². The molecule has 0 heterocycles. The van der Waals surface area contributed by atoms with Crippen LogP contribution in [0.5, 0.6) is 0 Å². The van der Waals surface area contributed by atoms with Crippen molar-refractivity contribution in [1.82, 2.24) is 0 Å². The Morgan fingerprint density at radius 3 is 2.76 bits per heavy atom. The van der Waals surface area contributed by atoms with Crippen LogP contribution in [0.3, 0.4) is 0 Å². The summed E-state index contributed by atoms with van der Waals surface area (Å²) < 4.78 is 4.46. The molecular formula is C12H11ClO4. The Bertz CT molecular complexity index is 466. The Kier molecular flexibility index (Phi) is 4.72. The SMILES string of the molecule is COC(=O)CC=Cc1c(Cl)cccc1C(=O)O. The van der Waals surface area contributed by atoms with E-state index in [4.69, 9.17) is 16.7 Å². The largest absolute Gasteiger partial charge is 0.478 e. The van der Waals surface area contributed by atoms with Gasteiger partial charge in [0.25, 0.3) is 0 Å². The van der Waals surface area contributed by atoms with Gasteiger partial charge < -0.3 is 9.84 Å². The second kappa shape index (κ2) is 6.06. The summed E-state index contributed by atoms with van der Waals surface area (Å²) in [7, 11) is 1.29. The summed E-state index contributed by atoms with van der Waals surface area (Å²) in [5.74, 6) is -1.46. The highest BCUT2D eigenvalue weighted by Gasteiger charge is 2.10. The zero-order chi connectivity index (χ0) is 12.8. The highest BCUT2D eigenvalue weighted by Crippen LogP contribution is 2.21. The van der Waals surface area contributed by atoms with Crippen LogP contribution in [0.4, 0.5) is 0 Å². The first-order chi connectivity index (χ1) is 8.06. The van der Waals surface area contributed by atoms with Gasteiger partial charge in [-0.2, -0.15) is 0 Å². The standard InChI is InChI=1S/C12H11ClO4/c1-17-11(14)7-3-4-8-9(12(15)16)5-2-6-10(8)13/h2-6H,7H2,1H3,(H,15,16). The molecule has 0 saturated heterocycles. The van der Waals surface area contributed by atoms with E-state index in [-0.39, 0.29) is 12.0 Å². The van der Waals surface area contributed by atoms with Gasteiger partial charge in [-0.3, -0.25) is 4.79 Å². The Balaban J connectivity index is 2.97. The number of ether oxygens (including phenoxy) is 1. The van der Waals surface area contributed by atoms with E-state index in [0.29, 0.717) is 10.6 Å². The van der Waals surface area contributed by atoms with Gasteiger partial charge in [-0.15, -0.1) is 0 Å². The van der Waals surface area contributed by atoms with Crippen LogP contribution >= 0.6 is 11.6 Å². The van der Waals surface area contributed by atoms with Gasteiger partial charge in [0.05, 0.1) is 19.1 Å². The first kappa shape index (κ1) is 13.3. The molecule has 0 aromatic heterocycles. The molecular weight excluding hydrogens is 244 g/mol. The zero-order valence-corrected chi connectivity index (χ0v) is 9.90. The predicted molar refractivity (Wildman–Crippen MR) is 64.1 cm³/mol. The van der Waals surface area contributed by atoms with Crippen molar-refractivity contribution < 1.29 is 19.4 Å². The third-order valence-corrected chi connectivity index (χ3v) is 2.41. The van der Waals surface area contributed by atoms with Gasteiger partial charge in [-0.1, -0.05) is 29.8 Å². The first-order valence-electron chi connectivity index (χ1n) is 4.81. The second-order valence-electron chi connectivity index (χ2n) is 3.19. The molecule has 0 aliphatic heterocycles. The molecule has 4 nitrogen and oxygen atoms in total. The van der Waals surface area contributed by atoms with Crippen LogP contribution in [0.2, 0.25) is 5.02 Å². The molecule has 0 saturated carbocycles. The smallest absolute Gasteiger partial charge is 0.336 e. The summed E-state index contributed by atoms with van der Waals surface area (Å²) in [5, 5.41) is 9.29. The fourth-order valence-corrected chi connectivity index (χ4v) is 1.49. The summed E-state index contributed by atoms with van der Waals surface area (Å²) in [4.78, 5) is 21.8. The number of carboxylic acids is 1. The van der Waals surface area contributed by atoms with E-state index in [1.54, 1.807) is 12.1 Å².